The lowest BCUT2D eigenvalue weighted by Gasteiger charge is -2.17. The van der Waals surface area contributed by atoms with E-state index < -0.39 is 0 Å². The molecule has 0 radical (unpaired) electrons. The summed E-state index contributed by atoms with van der Waals surface area (Å²) in [5.41, 5.74) is 0.733. The van der Waals surface area contributed by atoms with E-state index in [1.807, 2.05) is 24.3 Å². The fraction of sp³-hybridized carbons (Fsp3) is 0.562. The van der Waals surface area contributed by atoms with Gasteiger partial charge < -0.3 is 15.4 Å². The Labute approximate surface area is 119 Å². The van der Waals surface area contributed by atoms with Crippen LogP contribution in [0, 0.1) is 11.8 Å². The number of methoxy groups -OCH3 is 1. The maximum atomic E-state index is 12.0. The molecule has 0 heterocycles. The molecule has 0 aromatic heterocycles. The average Bonchev–Trinajstić information content (AvgIpc) is 3.33. The molecule has 0 unspecified atom stereocenters. The zero-order valence-electron chi connectivity index (χ0n) is 11.9. The van der Waals surface area contributed by atoms with Crippen molar-refractivity contribution in [2.24, 2.45) is 11.8 Å². The van der Waals surface area contributed by atoms with Crippen LogP contribution in [-0.2, 0) is 4.79 Å². The van der Waals surface area contributed by atoms with Gasteiger partial charge >= 0.3 is 0 Å². The highest BCUT2D eigenvalue weighted by molar-refractivity contribution is 5.93. The van der Waals surface area contributed by atoms with Crippen LogP contribution in [0.2, 0.25) is 0 Å². The molecular formula is C16H22N2O2. The number of carbonyl (C=O) groups excluding carboxylic acids is 1. The molecule has 1 amide bonds. The SMILES string of the molecule is COc1ccccc1NC(=O)CNC(C1CC1)C1CC1. The van der Waals surface area contributed by atoms with Crippen molar-refractivity contribution in [3.63, 3.8) is 0 Å². The van der Waals surface area contributed by atoms with Crippen LogP contribution in [0.4, 0.5) is 5.69 Å². The first-order chi connectivity index (χ1) is 9.78. The topological polar surface area (TPSA) is 50.4 Å². The lowest BCUT2D eigenvalue weighted by Crippen LogP contribution is -2.38. The number of ether oxygens (including phenoxy) is 1. The number of rotatable bonds is 7. The molecular weight excluding hydrogens is 252 g/mol. The third kappa shape index (κ3) is 3.31. The van der Waals surface area contributed by atoms with Crippen LogP contribution < -0.4 is 15.4 Å². The van der Waals surface area contributed by atoms with Crippen molar-refractivity contribution in [3.8, 4) is 5.75 Å². The van der Waals surface area contributed by atoms with E-state index in [4.69, 9.17) is 4.74 Å². The largest absolute Gasteiger partial charge is 0.495 e. The quantitative estimate of drug-likeness (QED) is 0.803. The normalized spacial score (nSPS) is 18.1. The van der Waals surface area contributed by atoms with Gasteiger partial charge in [-0.05, 0) is 49.7 Å². The van der Waals surface area contributed by atoms with Crippen molar-refractivity contribution < 1.29 is 9.53 Å². The van der Waals surface area contributed by atoms with Gasteiger partial charge in [0.25, 0.3) is 0 Å². The van der Waals surface area contributed by atoms with Gasteiger partial charge in [-0.1, -0.05) is 12.1 Å². The minimum absolute atomic E-state index is 0.000741. The summed E-state index contributed by atoms with van der Waals surface area (Å²) in [6.07, 6.45) is 5.29. The molecule has 1 aromatic rings. The second-order valence-electron chi connectivity index (χ2n) is 5.83. The Morgan fingerprint density at radius 2 is 1.90 bits per heavy atom. The first kappa shape index (κ1) is 13.4. The third-order valence-corrected chi connectivity index (χ3v) is 4.14. The Bertz CT molecular complexity index is 469. The number of amides is 1. The van der Waals surface area contributed by atoms with Gasteiger partial charge in [0.2, 0.25) is 5.91 Å². The van der Waals surface area contributed by atoms with E-state index in [1.165, 1.54) is 25.7 Å². The predicted molar refractivity (Wildman–Crippen MR) is 78.9 cm³/mol. The lowest BCUT2D eigenvalue weighted by molar-refractivity contribution is -0.115. The van der Waals surface area contributed by atoms with E-state index in [2.05, 4.69) is 10.6 Å². The monoisotopic (exact) mass is 274 g/mol. The fourth-order valence-electron chi connectivity index (χ4n) is 2.78. The van der Waals surface area contributed by atoms with Crippen LogP contribution in [0.15, 0.2) is 24.3 Å². The van der Waals surface area contributed by atoms with Gasteiger partial charge in [-0.25, -0.2) is 0 Å². The maximum Gasteiger partial charge on any atom is 0.238 e. The molecule has 0 bridgehead atoms. The van der Waals surface area contributed by atoms with Crippen LogP contribution in [0.1, 0.15) is 25.7 Å². The molecule has 0 spiro atoms. The molecule has 2 saturated carbocycles. The molecule has 2 fully saturated rings. The Kier molecular flexibility index (Phi) is 3.92. The number of anilines is 1. The summed E-state index contributed by atoms with van der Waals surface area (Å²) in [7, 11) is 1.61. The zero-order chi connectivity index (χ0) is 13.9. The number of nitrogens with one attached hydrogen (secondary N) is 2. The van der Waals surface area contributed by atoms with Crippen molar-refractivity contribution in [3.05, 3.63) is 24.3 Å². The van der Waals surface area contributed by atoms with E-state index in [9.17, 15) is 4.79 Å². The molecule has 2 N–H and O–H groups in total. The number of hydrogen-bond donors (Lipinski definition) is 2. The zero-order valence-corrected chi connectivity index (χ0v) is 11.9. The number of para-hydroxylation sites is 2. The third-order valence-electron chi connectivity index (χ3n) is 4.14. The molecule has 0 saturated heterocycles. The van der Waals surface area contributed by atoms with E-state index in [1.54, 1.807) is 7.11 Å². The summed E-state index contributed by atoms with van der Waals surface area (Å²) in [6.45, 7) is 0.385. The van der Waals surface area contributed by atoms with Crippen molar-refractivity contribution in [1.29, 1.82) is 0 Å². The van der Waals surface area contributed by atoms with Gasteiger partial charge in [0.1, 0.15) is 5.75 Å². The minimum atomic E-state index is 0.000741. The van der Waals surface area contributed by atoms with Gasteiger partial charge in [0.15, 0.2) is 0 Å². The predicted octanol–water partition coefficient (Wildman–Crippen LogP) is 2.41. The van der Waals surface area contributed by atoms with Crippen LogP contribution in [0.5, 0.6) is 5.75 Å². The van der Waals surface area contributed by atoms with Crippen molar-refractivity contribution >= 4 is 11.6 Å². The molecule has 1 aromatic carbocycles. The summed E-state index contributed by atoms with van der Waals surface area (Å²) in [5, 5.41) is 6.36. The highest BCUT2D eigenvalue weighted by Crippen LogP contribution is 2.44. The van der Waals surface area contributed by atoms with Crippen molar-refractivity contribution in [1.82, 2.24) is 5.32 Å². The highest BCUT2D eigenvalue weighted by atomic mass is 16.5. The second-order valence-corrected chi connectivity index (χ2v) is 5.83. The summed E-state index contributed by atoms with van der Waals surface area (Å²) >= 11 is 0. The number of hydrogen-bond acceptors (Lipinski definition) is 3. The molecule has 4 heteroatoms. The molecule has 0 atom stereocenters. The molecule has 0 aliphatic heterocycles. The number of carbonyl (C=O) groups is 1. The first-order valence-corrected chi connectivity index (χ1v) is 7.44. The van der Waals surface area contributed by atoms with E-state index in [0.717, 1.165) is 17.5 Å². The number of benzene rings is 1. The molecule has 20 heavy (non-hydrogen) atoms. The Morgan fingerprint density at radius 1 is 1.25 bits per heavy atom. The summed E-state index contributed by atoms with van der Waals surface area (Å²) < 4.78 is 5.23. The Morgan fingerprint density at radius 3 is 2.50 bits per heavy atom. The van der Waals surface area contributed by atoms with E-state index >= 15 is 0 Å². The molecule has 108 valence electrons. The van der Waals surface area contributed by atoms with Crippen LogP contribution in [0.25, 0.3) is 0 Å². The minimum Gasteiger partial charge on any atom is -0.495 e. The fourth-order valence-corrected chi connectivity index (χ4v) is 2.78. The van der Waals surface area contributed by atoms with Gasteiger partial charge in [-0.15, -0.1) is 0 Å². The second kappa shape index (κ2) is 5.83. The maximum absolute atomic E-state index is 12.0. The standard InChI is InChI=1S/C16H22N2O2/c1-20-14-5-3-2-4-13(14)18-15(19)10-17-16(11-6-7-11)12-8-9-12/h2-5,11-12,16-17H,6-10H2,1H3,(H,18,19). The van der Waals surface area contributed by atoms with Crippen LogP contribution in [0.3, 0.4) is 0 Å². The van der Waals surface area contributed by atoms with Crippen LogP contribution in [-0.4, -0.2) is 25.6 Å². The smallest absolute Gasteiger partial charge is 0.238 e. The lowest BCUT2D eigenvalue weighted by atomic mass is 10.1. The summed E-state index contributed by atoms with van der Waals surface area (Å²) in [4.78, 5) is 12.0. The Hall–Kier alpha value is -1.55. The first-order valence-electron chi connectivity index (χ1n) is 7.44. The Balaban J connectivity index is 1.51. The van der Waals surface area contributed by atoms with E-state index in [0.29, 0.717) is 18.3 Å². The van der Waals surface area contributed by atoms with Gasteiger partial charge in [0.05, 0.1) is 19.3 Å². The van der Waals surface area contributed by atoms with Crippen molar-refractivity contribution in [2.45, 2.75) is 31.7 Å². The molecule has 2 aliphatic carbocycles. The van der Waals surface area contributed by atoms with Crippen molar-refractivity contribution in [2.75, 3.05) is 19.0 Å². The van der Waals surface area contributed by atoms with Gasteiger partial charge in [-0.3, -0.25) is 4.79 Å². The highest BCUT2D eigenvalue weighted by Gasteiger charge is 2.41. The van der Waals surface area contributed by atoms with E-state index in [-0.39, 0.29) is 5.91 Å². The van der Waals surface area contributed by atoms with Crippen LogP contribution >= 0.6 is 0 Å². The average molecular weight is 274 g/mol. The summed E-state index contributed by atoms with van der Waals surface area (Å²) in [5.74, 6) is 2.31. The van der Waals surface area contributed by atoms with Gasteiger partial charge in [0, 0.05) is 6.04 Å². The molecule has 4 nitrogen and oxygen atoms in total. The molecule has 3 rings (SSSR count). The van der Waals surface area contributed by atoms with Gasteiger partial charge in [-0.2, -0.15) is 0 Å². The summed E-state index contributed by atoms with van der Waals surface area (Å²) in [6, 6.07) is 8.04. The molecule has 2 aliphatic rings.